The zero-order chi connectivity index (χ0) is 15.5. The predicted molar refractivity (Wildman–Crippen MR) is 95.1 cm³/mol. The SMILES string of the molecule is CCCCc1cc(O)cc([Si](C)(C)C)c1-c1ccccc1. The fourth-order valence-corrected chi connectivity index (χ4v) is 4.42. The Balaban J connectivity index is 2.67. The summed E-state index contributed by atoms with van der Waals surface area (Å²) in [6.07, 6.45) is 3.37. The van der Waals surface area contributed by atoms with Crippen molar-refractivity contribution in [3.8, 4) is 16.9 Å². The van der Waals surface area contributed by atoms with Crippen LogP contribution in [0.15, 0.2) is 42.5 Å². The van der Waals surface area contributed by atoms with Crippen LogP contribution in [0.2, 0.25) is 19.6 Å². The first-order valence-corrected chi connectivity index (χ1v) is 11.3. The van der Waals surface area contributed by atoms with Crippen LogP contribution in [0.25, 0.3) is 11.1 Å². The van der Waals surface area contributed by atoms with Gasteiger partial charge in [-0.2, -0.15) is 0 Å². The van der Waals surface area contributed by atoms with Gasteiger partial charge in [0.25, 0.3) is 0 Å². The molecule has 0 atom stereocenters. The van der Waals surface area contributed by atoms with E-state index >= 15 is 0 Å². The molecule has 112 valence electrons. The van der Waals surface area contributed by atoms with Gasteiger partial charge in [0.15, 0.2) is 0 Å². The molecular weight excluding hydrogens is 272 g/mol. The van der Waals surface area contributed by atoms with E-state index in [4.69, 9.17) is 0 Å². The molecule has 0 aliphatic rings. The van der Waals surface area contributed by atoms with Gasteiger partial charge in [-0.25, -0.2) is 0 Å². The summed E-state index contributed by atoms with van der Waals surface area (Å²) in [6, 6.07) is 14.6. The first-order valence-electron chi connectivity index (χ1n) is 7.85. The Kier molecular flexibility index (Phi) is 4.89. The van der Waals surface area contributed by atoms with Crippen molar-refractivity contribution in [2.24, 2.45) is 0 Å². The van der Waals surface area contributed by atoms with Crippen molar-refractivity contribution in [2.75, 3.05) is 0 Å². The molecule has 0 radical (unpaired) electrons. The van der Waals surface area contributed by atoms with Crippen molar-refractivity contribution in [1.29, 1.82) is 0 Å². The number of benzene rings is 2. The van der Waals surface area contributed by atoms with Gasteiger partial charge in [0.2, 0.25) is 0 Å². The molecule has 0 unspecified atom stereocenters. The van der Waals surface area contributed by atoms with Gasteiger partial charge < -0.3 is 5.11 Å². The number of aryl methyl sites for hydroxylation is 1. The fourth-order valence-electron chi connectivity index (χ4n) is 2.79. The average molecular weight is 299 g/mol. The van der Waals surface area contributed by atoms with Gasteiger partial charge in [0.05, 0.1) is 8.07 Å². The van der Waals surface area contributed by atoms with Crippen LogP contribution in [0, 0.1) is 0 Å². The van der Waals surface area contributed by atoms with Crippen LogP contribution in [-0.2, 0) is 6.42 Å². The van der Waals surface area contributed by atoms with Crippen molar-refractivity contribution >= 4 is 13.3 Å². The summed E-state index contributed by atoms with van der Waals surface area (Å²) >= 11 is 0. The lowest BCUT2D eigenvalue weighted by Gasteiger charge is -2.24. The molecule has 1 nitrogen and oxygen atoms in total. The number of rotatable bonds is 5. The molecule has 0 aliphatic carbocycles. The van der Waals surface area contributed by atoms with Gasteiger partial charge in [-0.15, -0.1) is 0 Å². The van der Waals surface area contributed by atoms with E-state index < -0.39 is 8.07 Å². The van der Waals surface area contributed by atoms with Gasteiger partial charge in [-0.05, 0) is 46.9 Å². The van der Waals surface area contributed by atoms with Crippen molar-refractivity contribution < 1.29 is 5.11 Å². The smallest absolute Gasteiger partial charge is 0.115 e. The molecule has 2 rings (SSSR count). The molecule has 0 heterocycles. The van der Waals surface area contributed by atoms with E-state index in [1.54, 1.807) is 0 Å². The minimum absolute atomic E-state index is 0.415. The van der Waals surface area contributed by atoms with Crippen LogP contribution in [0.5, 0.6) is 5.75 Å². The highest BCUT2D eigenvalue weighted by Crippen LogP contribution is 2.29. The predicted octanol–water partition coefficient (Wildman–Crippen LogP) is 4.95. The quantitative estimate of drug-likeness (QED) is 0.775. The third kappa shape index (κ3) is 3.76. The van der Waals surface area contributed by atoms with E-state index in [0.717, 1.165) is 12.8 Å². The molecule has 2 aromatic rings. The average Bonchev–Trinajstić information content (AvgIpc) is 2.44. The zero-order valence-electron chi connectivity index (χ0n) is 13.6. The Labute approximate surface area is 129 Å². The topological polar surface area (TPSA) is 20.2 Å². The van der Waals surface area contributed by atoms with Gasteiger partial charge >= 0.3 is 0 Å². The summed E-state index contributed by atoms with van der Waals surface area (Å²) in [4.78, 5) is 0. The number of phenols is 1. The van der Waals surface area contributed by atoms with Gasteiger partial charge in [0.1, 0.15) is 5.75 Å². The maximum atomic E-state index is 10.2. The van der Waals surface area contributed by atoms with Crippen molar-refractivity contribution in [3.05, 3.63) is 48.0 Å². The molecule has 0 bridgehead atoms. The second-order valence-corrected chi connectivity index (χ2v) is 11.8. The summed E-state index contributed by atoms with van der Waals surface area (Å²) in [5.74, 6) is 0.415. The molecule has 1 N–H and O–H groups in total. The number of unbranched alkanes of at least 4 members (excludes halogenated alkanes) is 1. The van der Waals surface area contributed by atoms with E-state index in [9.17, 15) is 5.11 Å². The lowest BCUT2D eigenvalue weighted by molar-refractivity contribution is 0.475. The Morgan fingerprint density at radius 3 is 2.24 bits per heavy atom. The lowest BCUT2D eigenvalue weighted by atomic mass is 9.95. The van der Waals surface area contributed by atoms with Crippen LogP contribution in [0.1, 0.15) is 25.3 Å². The normalized spacial score (nSPS) is 11.6. The van der Waals surface area contributed by atoms with Crippen LogP contribution in [0.4, 0.5) is 0 Å². The molecule has 2 aromatic carbocycles. The molecule has 0 aliphatic heterocycles. The van der Waals surface area contributed by atoms with Gasteiger partial charge in [-0.3, -0.25) is 0 Å². The number of hydrogen-bond acceptors (Lipinski definition) is 1. The molecule has 0 aromatic heterocycles. The molecule has 0 saturated heterocycles. The van der Waals surface area contributed by atoms with E-state index in [-0.39, 0.29) is 0 Å². The van der Waals surface area contributed by atoms with Crippen molar-refractivity contribution in [3.63, 3.8) is 0 Å². The largest absolute Gasteiger partial charge is 0.508 e. The Morgan fingerprint density at radius 2 is 1.67 bits per heavy atom. The molecule has 0 spiro atoms. The summed E-state index contributed by atoms with van der Waals surface area (Å²) in [6.45, 7) is 9.25. The van der Waals surface area contributed by atoms with Crippen molar-refractivity contribution in [2.45, 2.75) is 45.8 Å². The van der Waals surface area contributed by atoms with E-state index in [0.29, 0.717) is 5.75 Å². The maximum Gasteiger partial charge on any atom is 0.115 e. The Morgan fingerprint density at radius 1 is 1.00 bits per heavy atom. The zero-order valence-corrected chi connectivity index (χ0v) is 14.6. The molecule has 21 heavy (non-hydrogen) atoms. The minimum atomic E-state index is -1.52. The van der Waals surface area contributed by atoms with Crippen molar-refractivity contribution in [1.82, 2.24) is 0 Å². The second kappa shape index (κ2) is 6.48. The summed E-state index contributed by atoms with van der Waals surface area (Å²) in [5.41, 5.74) is 3.93. The monoisotopic (exact) mass is 298 g/mol. The molecule has 0 amide bonds. The standard InChI is InChI=1S/C19H26OSi/c1-5-6-10-16-13-17(20)14-18(21(2,3)4)19(16)15-11-8-7-9-12-15/h7-9,11-14,20H,5-6,10H2,1-4H3. The lowest BCUT2D eigenvalue weighted by Crippen LogP contribution is -2.39. The van der Waals surface area contributed by atoms with Crippen LogP contribution >= 0.6 is 0 Å². The van der Waals surface area contributed by atoms with E-state index in [1.807, 2.05) is 12.1 Å². The summed E-state index contributed by atoms with van der Waals surface area (Å²) in [5, 5.41) is 11.5. The molecular formula is C19H26OSi. The van der Waals surface area contributed by atoms with Crippen LogP contribution < -0.4 is 5.19 Å². The van der Waals surface area contributed by atoms with Crippen LogP contribution in [0.3, 0.4) is 0 Å². The number of hydrogen-bond donors (Lipinski definition) is 1. The highest BCUT2D eigenvalue weighted by molar-refractivity contribution is 6.89. The van der Waals surface area contributed by atoms with E-state index in [2.05, 4.69) is 56.9 Å². The first kappa shape index (κ1) is 15.8. The number of aromatic hydroxyl groups is 1. The van der Waals surface area contributed by atoms with Crippen LogP contribution in [-0.4, -0.2) is 13.2 Å². The highest BCUT2D eigenvalue weighted by atomic mass is 28.3. The fraction of sp³-hybridized carbons (Fsp3) is 0.368. The molecule has 0 fully saturated rings. The van der Waals surface area contributed by atoms with E-state index in [1.165, 1.54) is 28.3 Å². The molecule has 2 heteroatoms. The highest BCUT2D eigenvalue weighted by Gasteiger charge is 2.23. The first-order chi connectivity index (χ1) is 9.93. The Hall–Kier alpha value is -1.54. The number of phenolic OH excluding ortho intramolecular Hbond substituents is 1. The third-order valence-electron chi connectivity index (χ3n) is 3.87. The summed E-state index contributed by atoms with van der Waals surface area (Å²) in [7, 11) is -1.52. The third-order valence-corrected chi connectivity index (χ3v) is 5.89. The summed E-state index contributed by atoms with van der Waals surface area (Å²) < 4.78 is 0. The van der Waals surface area contributed by atoms with Gasteiger partial charge in [-0.1, -0.05) is 63.3 Å². The Bertz CT molecular complexity index is 597. The maximum absolute atomic E-state index is 10.2. The molecule has 0 saturated carbocycles. The minimum Gasteiger partial charge on any atom is -0.508 e. The second-order valence-electron chi connectivity index (χ2n) is 6.75. The van der Waals surface area contributed by atoms with Gasteiger partial charge in [0, 0.05) is 0 Å².